The van der Waals surface area contributed by atoms with E-state index >= 15 is 0 Å². The van der Waals surface area contributed by atoms with Crippen LogP contribution >= 0.6 is 34.7 Å². The Kier molecular flexibility index (Phi) is 4.10. The van der Waals surface area contributed by atoms with Gasteiger partial charge in [-0.2, -0.15) is 11.8 Å². The summed E-state index contributed by atoms with van der Waals surface area (Å²) in [6.07, 6.45) is 1.18. The maximum Gasteiger partial charge on any atom is 0.263 e. The summed E-state index contributed by atoms with van der Waals surface area (Å²) in [7, 11) is 0. The molecule has 1 saturated heterocycles. The highest BCUT2D eigenvalue weighted by Gasteiger charge is 2.19. The average Bonchev–Trinajstić information content (AvgIpc) is 3.04. The molecule has 20 heavy (non-hydrogen) atoms. The van der Waals surface area contributed by atoms with Gasteiger partial charge in [0.15, 0.2) is 0 Å². The van der Waals surface area contributed by atoms with Crippen LogP contribution in [0.2, 0.25) is 5.02 Å². The van der Waals surface area contributed by atoms with Crippen molar-refractivity contribution in [2.24, 2.45) is 5.92 Å². The lowest BCUT2D eigenvalue weighted by atomic mass is 10.1. The number of nitrogens with two attached hydrogens (primary N) is 1. The number of nitrogens with one attached hydrogen (secondary N) is 1. The molecular formula is C14H15ClN2OS2. The van der Waals surface area contributed by atoms with Crippen molar-refractivity contribution in [3.05, 3.63) is 28.1 Å². The van der Waals surface area contributed by atoms with Crippen molar-refractivity contribution in [1.82, 2.24) is 5.32 Å². The minimum atomic E-state index is -0.0725. The van der Waals surface area contributed by atoms with Gasteiger partial charge in [-0.25, -0.2) is 0 Å². The predicted octanol–water partition coefficient (Wildman–Crippen LogP) is 3.62. The number of benzene rings is 1. The Bertz CT molecular complexity index is 650. The number of rotatable bonds is 3. The molecule has 0 bridgehead atoms. The van der Waals surface area contributed by atoms with E-state index in [1.54, 1.807) is 6.07 Å². The first kappa shape index (κ1) is 14.0. The SMILES string of the molecule is Nc1c(C(=O)NCC2CCSC2)sc2cc(Cl)ccc12. The minimum absolute atomic E-state index is 0.0725. The maximum absolute atomic E-state index is 12.3. The first-order valence-corrected chi connectivity index (χ1v) is 8.83. The molecule has 2 heterocycles. The van der Waals surface area contributed by atoms with Crippen LogP contribution in [0.1, 0.15) is 16.1 Å². The molecule has 106 valence electrons. The Morgan fingerprint density at radius 2 is 2.35 bits per heavy atom. The number of hydrogen-bond acceptors (Lipinski definition) is 4. The third kappa shape index (κ3) is 2.75. The van der Waals surface area contributed by atoms with E-state index in [0.29, 0.717) is 21.5 Å². The number of carbonyl (C=O) groups is 1. The zero-order chi connectivity index (χ0) is 14.1. The molecule has 1 fully saturated rings. The van der Waals surface area contributed by atoms with Gasteiger partial charge in [0.05, 0.1) is 5.69 Å². The lowest BCUT2D eigenvalue weighted by Gasteiger charge is -2.09. The van der Waals surface area contributed by atoms with Gasteiger partial charge in [0.2, 0.25) is 0 Å². The Balaban J connectivity index is 1.78. The molecule has 1 aliphatic heterocycles. The Morgan fingerprint density at radius 3 is 3.10 bits per heavy atom. The highest BCUT2D eigenvalue weighted by atomic mass is 35.5. The molecule has 0 spiro atoms. The lowest BCUT2D eigenvalue weighted by Crippen LogP contribution is -2.29. The van der Waals surface area contributed by atoms with Crippen LogP contribution < -0.4 is 11.1 Å². The van der Waals surface area contributed by atoms with Crippen LogP contribution in [0.4, 0.5) is 5.69 Å². The van der Waals surface area contributed by atoms with E-state index < -0.39 is 0 Å². The molecule has 1 amide bonds. The van der Waals surface area contributed by atoms with E-state index in [1.807, 2.05) is 23.9 Å². The molecule has 1 aliphatic rings. The Labute approximate surface area is 130 Å². The Morgan fingerprint density at radius 1 is 1.50 bits per heavy atom. The molecule has 3 rings (SSSR count). The van der Waals surface area contributed by atoms with Gasteiger partial charge in [0, 0.05) is 21.7 Å². The summed E-state index contributed by atoms with van der Waals surface area (Å²) in [6, 6.07) is 5.51. The molecular weight excluding hydrogens is 312 g/mol. The van der Waals surface area contributed by atoms with Crippen LogP contribution in [-0.2, 0) is 0 Å². The van der Waals surface area contributed by atoms with Crippen molar-refractivity contribution in [1.29, 1.82) is 0 Å². The summed E-state index contributed by atoms with van der Waals surface area (Å²) in [5.74, 6) is 2.85. The maximum atomic E-state index is 12.3. The molecule has 0 radical (unpaired) electrons. The van der Waals surface area contributed by atoms with E-state index in [0.717, 1.165) is 22.4 Å². The number of fused-ring (bicyclic) bond motifs is 1. The van der Waals surface area contributed by atoms with Crippen LogP contribution in [0.5, 0.6) is 0 Å². The van der Waals surface area contributed by atoms with Gasteiger partial charge in [-0.3, -0.25) is 4.79 Å². The monoisotopic (exact) mass is 326 g/mol. The molecule has 1 aromatic carbocycles. The molecule has 1 unspecified atom stereocenters. The summed E-state index contributed by atoms with van der Waals surface area (Å²) >= 11 is 9.32. The molecule has 2 aromatic rings. The standard InChI is InChI=1S/C14H15ClN2OS2/c15-9-1-2-10-11(5-9)20-13(12(10)16)14(18)17-6-8-3-4-19-7-8/h1-2,5,8H,3-4,6-7,16H2,(H,17,18). The van der Waals surface area contributed by atoms with Crippen LogP contribution in [0.15, 0.2) is 18.2 Å². The highest BCUT2D eigenvalue weighted by molar-refractivity contribution is 7.99. The van der Waals surface area contributed by atoms with Crippen molar-refractivity contribution >= 4 is 56.4 Å². The van der Waals surface area contributed by atoms with Gasteiger partial charge in [-0.05, 0) is 42.0 Å². The van der Waals surface area contributed by atoms with Gasteiger partial charge in [0.1, 0.15) is 4.88 Å². The van der Waals surface area contributed by atoms with Crippen molar-refractivity contribution in [3.63, 3.8) is 0 Å². The molecule has 3 N–H and O–H groups in total. The smallest absolute Gasteiger partial charge is 0.263 e. The summed E-state index contributed by atoms with van der Waals surface area (Å²) in [4.78, 5) is 12.8. The first-order valence-electron chi connectivity index (χ1n) is 6.48. The van der Waals surface area contributed by atoms with Crippen molar-refractivity contribution < 1.29 is 4.79 Å². The molecule has 0 aliphatic carbocycles. The van der Waals surface area contributed by atoms with Crippen LogP contribution in [0.3, 0.4) is 0 Å². The van der Waals surface area contributed by atoms with E-state index in [9.17, 15) is 4.79 Å². The topological polar surface area (TPSA) is 55.1 Å². The molecule has 1 atom stereocenters. The first-order chi connectivity index (χ1) is 9.65. The van der Waals surface area contributed by atoms with E-state index in [-0.39, 0.29) is 5.91 Å². The second-order valence-corrected chi connectivity index (χ2v) is 7.56. The zero-order valence-corrected chi connectivity index (χ0v) is 13.2. The summed E-state index contributed by atoms with van der Waals surface area (Å²) in [5.41, 5.74) is 6.63. The second-order valence-electron chi connectivity index (χ2n) is 4.92. The number of halogens is 1. The van der Waals surface area contributed by atoms with Gasteiger partial charge in [0.25, 0.3) is 5.91 Å². The predicted molar refractivity (Wildman–Crippen MR) is 89.0 cm³/mol. The summed E-state index contributed by atoms with van der Waals surface area (Å²) < 4.78 is 0.955. The zero-order valence-electron chi connectivity index (χ0n) is 10.8. The number of nitrogen functional groups attached to an aromatic ring is 1. The van der Waals surface area contributed by atoms with Gasteiger partial charge in [-0.1, -0.05) is 11.6 Å². The van der Waals surface area contributed by atoms with Gasteiger partial charge in [-0.15, -0.1) is 11.3 Å². The number of amides is 1. The fourth-order valence-corrected chi connectivity index (χ4v) is 4.92. The number of carbonyl (C=O) groups excluding carboxylic acids is 1. The third-order valence-corrected chi connectivity index (χ3v) is 6.11. The average molecular weight is 327 g/mol. The number of thioether (sulfide) groups is 1. The fraction of sp³-hybridized carbons (Fsp3) is 0.357. The highest BCUT2D eigenvalue weighted by Crippen LogP contribution is 2.35. The number of anilines is 1. The molecule has 3 nitrogen and oxygen atoms in total. The van der Waals surface area contributed by atoms with E-state index in [1.165, 1.54) is 23.5 Å². The van der Waals surface area contributed by atoms with Crippen LogP contribution in [0, 0.1) is 5.92 Å². The lowest BCUT2D eigenvalue weighted by molar-refractivity contribution is 0.0953. The minimum Gasteiger partial charge on any atom is -0.397 e. The van der Waals surface area contributed by atoms with Crippen molar-refractivity contribution in [2.45, 2.75) is 6.42 Å². The van der Waals surface area contributed by atoms with Crippen LogP contribution in [-0.4, -0.2) is 24.0 Å². The van der Waals surface area contributed by atoms with Gasteiger partial charge < -0.3 is 11.1 Å². The quantitative estimate of drug-likeness (QED) is 0.905. The number of thiophene rings is 1. The van der Waals surface area contributed by atoms with E-state index in [2.05, 4.69) is 5.32 Å². The van der Waals surface area contributed by atoms with E-state index in [4.69, 9.17) is 17.3 Å². The molecule has 1 aromatic heterocycles. The van der Waals surface area contributed by atoms with Crippen molar-refractivity contribution in [2.75, 3.05) is 23.8 Å². The molecule has 0 saturated carbocycles. The van der Waals surface area contributed by atoms with Crippen LogP contribution in [0.25, 0.3) is 10.1 Å². The molecule has 6 heteroatoms. The summed E-state index contributed by atoms with van der Waals surface area (Å²) in [5, 5.41) is 4.57. The summed E-state index contributed by atoms with van der Waals surface area (Å²) in [6.45, 7) is 0.736. The fourth-order valence-electron chi connectivity index (χ4n) is 2.32. The Hall–Kier alpha value is -0.910. The second kappa shape index (κ2) is 5.84. The third-order valence-electron chi connectivity index (χ3n) is 3.47. The largest absolute Gasteiger partial charge is 0.397 e. The van der Waals surface area contributed by atoms with Gasteiger partial charge >= 0.3 is 0 Å². The number of hydrogen-bond donors (Lipinski definition) is 2. The normalized spacial score (nSPS) is 18.6. The van der Waals surface area contributed by atoms with Crippen molar-refractivity contribution in [3.8, 4) is 0 Å².